The van der Waals surface area contributed by atoms with Crippen molar-refractivity contribution in [2.75, 3.05) is 5.32 Å². The Hall–Kier alpha value is -4.19. The number of aromatic nitrogens is 2. The fourth-order valence-corrected chi connectivity index (χ4v) is 4.58. The van der Waals surface area contributed by atoms with Gasteiger partial charge in [-0.25, -0.2) is 4.68 Å². The zero-order chi connectivity index (χ0) is 23.7. The van der Waals surface area contributed by atoms with Crippen LogP contribution < -0.4 is 10.6 Å². The van der Waals surface area contributed by atoms with E-state index < -0.39 is 6.04 Å². The standard InChI is InChI=1S/C28H26N4O2/c1-3-19-14-16-20(17-15-19)24-23-18(2)31-32(22-12-8-5-9-13-22)26(23)30-28(34)25(24)29-27(33)21-10-6-4-7-11-21/h4-17,24-25H,3H2,1-2H3,(H,29,33)(H,30,34)/t24-,25+/m1/s1. The van der Waals surface area contributed by atoms with Crippen LogP contribution in [0, 0.1) is 6.92 Å². The third-order valence-electron chi connectivity index (χ3n) is 6.35. The molecule has 0 radical (unpaired) electrons. The lowest BCUT2D eigenvalue weighted by Crippen LogP contribution is -2.50. The molecule has 0 spiro atoms. The van der Waals surface area contributed by atoms with E-state index in [-0.39, 0.29) is 17.7 Å². The molecule has 0 saturated carbocycles. The van der Waals surface area contributed by atoms with Crippen molar-refractivity contribution >= 4 is 17.6 Å². The molecule has 2 N–H and O–H groups in total. The van der Waals surface area contributed by atoms with Crippen LogP contribution in [0.4, 0.5) is 5.82 Å². The first kappa shape index (κ1) is 21.6. The van der Waals surface area contributed by atoms with Gasteiger partial charge in [-0.1, -0.05) is 67.6 Å². The van der Waals surface area contributed by atoms with E-state index in [1.165, 1.54) is 5.56 Å². The number of aryl methyl sites for hydroxylation is 2. The highest BCUT2D eigenvalue weighted by Gasteiger charge is 2.41. The summed E-state index contributed by atoms with van der Waals surface area (Å²) in [5.74, 6) is -0.283. The number of hydrogen-bond donors (Lipinski definition) is 2. The van der Waals surface area contributed by atoms with Crippen molar-refractivity contribution in [3.63, 3.8) is 0 Å². The number of carbonyl (C=O) groups excluding carboxylic acids is 2. The highest BCUT2D eigenvalue weighted by atomic mass is 16.2. The van der Waals surface area contributed by atoms with Crippen LogP contribution in [0.1, 0.15) is 45.6 Å². The summed E-state index contributed by atoms with van der Waals surface area (Å²) in [5, 5.41) is 10.8. The maximum Gasteiger partial charge on any atom is 0.251 e. The van der Waals surface area contributed by atoms with Gasteiger partial charge in [0.1, 0.15) is 11.9 Å². The van der Waals surface area contributed by atoms with Crippen molar-refractivity contribution in [2.24, 2.45) is 0 Å². The molecule has 6 heteroatoms. The number of hydrogen-bond acceptors (Lipinski definition) is 3. The van der Waals surface area contributed by atoms with Gasteiger partial charge < -0.3 is 10.6 Å². The molecule has 1 aliphatic rings. The summed E-state index contributed by atoms with van der Waals surface area (Å²) in [6.45, 7) is 4.05. The molecule has 170 valence electrons. The summed E-state index contributed by atoms with van der Waals surface area (Å²) >= 11 is 0. The second kappa shape index (κ2) is 8.98. The Morgan fingerprint density at radius 3 is 2.26 bits per heavy atom. The number of rotatable bonds is 5. The molecule has 2 atom stereocenters. The number of benzene rings is 3. The van der Waals surface area contributed by atoms with Gasteiger partial charge in [0.2, 0.25) is 5.91 Å². The molecule has 0 unspecified atom stereocenters. The third-order valence-corrected chi connectivity index (χ3v) is 6.35. The van der Waals surface area contributed by atoms with Gasteiger partial charge in [-0.3, -0.25) is 9.59 Å². The first-order chi connectivity index (χ1) is 16.6. The number of nitrogens with one attached hydrogen (secondary N) is 2. The van der Waals surface area contributed by atoms with E-state index in [9.17, 15) is 9.59 Å². The summed E-state index contributed by atoms with van der Waals surface area (Å²) in [7, 11) is 0. The van der Waals surface area contributed by atoms with Gasteiger partial charge in [-0.15, -0.1) is 0 Å². The fourth-order valence-electron chi connectivity index (χ4n) is 4.58. The Kier molecular flexibility index (Phi) is 5.72. The van der Waals surface area contributed by atoms with Crippen molar-refractivity contribution in [2.45, 2.75) is 32.2 Å². The minimum absolute atomic E-state index is 0.265. The smallest absolute Gasteiger partial charge is 0.251 e. The molecule has 3 aromatic carbocycles. The van der Waals surface area contributed by atoms with Crippen molar-refractivity contribution in [3.8, 4) is 5.69 Å². The summed E-state index contributed by atoms with van der Waals surface area (Å²) < 4.78 is 1.77. The van der Waals surface area contributed by atoms with Crippen LogP contribution in [0.3, 0.4) is 0 Å². The van der Waals surface area contributed by atoms with Gasteiger partial charge in [-0.2, -0.15) is 5.10 Å². The summed E-state index contributed by atoms with van der Waals surface area (Å²) in [5.41, 5.74) is 5.26. The van der Waals surface area contributed by atoms with E-state index in [1.54, 1.807) is 16.8 Å². The van der Waals surface area contributed by atoms with Crippen LogP contribution in [-0.4, -0.2) is 27.6 Å². The monoisotopic (exact) mass is 450 g/mol. The molecule has 0 fully saturated rings. The maximum atomic E-state index is 13.5. The minimum Gasteiger partial charge on any atom is -0.339 e. The molecule has 1 aromatic heterocycles. The second-order valence-electron chi connectivity index (χ2n) is 8.47. The SMILES string of the molecule is CCc1ccc([C@@H]2c3c(C)nn(-c4ccccc4)c3NC(=O)[C@H]2NC(=O)c2ccccc2)cc1. The first-order valence-electron chi connectivity index (χ1n) is 11.5. The molecule has 2 heterocycles. The van der Waals surface area contributed by atoms with Crippen LogP contribution in [0.5, 0.6) is 0 Å². The quantitative estimate of drug-likeness (QED) is 0.466. The Balaban J connectivity index is 1.62. The normalized spacial score (nSPS) is 17.1. The number of fused-ring (bicyclic) bond motifs is 1. The first-order valence-corrected chi connectivity index (χ1v) is 11.5. The molecule has 0 aliphatic carbocycles. The maximum absolute atomic E-state index is 13.5. The van der Waals surface area contributed by atoms with Crippen LogP contribution in [0.25, 0.3) is 5.69 Å². The summed E-state index contributed by atoms with van der Waals surface area (Å²) in [6, 6.07) is 26.2. The lowest BCUT2D eigenvalue weighted by molar-refractivity contribution is -0.118. The molecular weight excluding hydrogens is 424 g/mol. The van der Waals surface area contributed by atoms with E-state index in [2.05, 4.69) is 29.7 Å². The second-order valence-corrected chi connectivity index (χ2v) is 8.47. The summed E-state index contributed by atoms with van der Waals surface area (Å²) in [6.07, 6.45) is 0.926. The fraction of sp³-hybridized carbons (Fsp3) is 0.179. The van der Waals surface area contributed by atoms with Crippen molar-refractivity contribution < 1.29 is 9.59 Å². The molecule has 5 rings (SSSR count). The molecule has 0 bridgehead atoms. The Bertz CT molecular complexity index is 1330. The molecule has 4 aromatic rings. The number of amides is 2. The summed E-state index contributed by atoms with van der Waals surface area (Å²) in [4.78, 5) is 26.5. The predicted molar refractivity (Wildman–Crippen MR) is 132 cm³/mol. The number of nitrogens with zero attached hydrogens (tertiary/aromatic N) is 2. The molecule has 2 amide bonds. The Morgan fingerprint density at radius 1 is 0.971 bits per heavy atom. The van der Waals surface area contributed by atoms with E-state index >= 15 is 0 Å². The molecule has 34 heavy (non-hydrogen) atoms. The van der Waals surface area contributed by atoms with Crippen LogP contribution in [-0.2, 0) is 11.2 Å². The van der Waals surface area contributed by atoms with Gasteiger partial charge >= 0.3 is 0 Å². The average Bonchev–Trinajstić information content (AvgIpc) is 3.21. The largest absolute Gasteiger partial charge is 0.339 e. The van der Waals surface area contributed by atoms with Gasteiger partial charge in [0.15, 0.2) is 0 Å². The zero-order valence-corrected chi connectivity index (χ0v) is 19.2. The van der Waals surface area contributed by atoms with Crippen molar-refractivity contribution in [1.29, 1.82) is 0 Å². The highest BCUT2D eigenvalue weighted by molar-refractivity contribution is 6.04. The zero-order valence-electron chi connectivity index (χ0n) is 19.2. The molecular formula is C28H26N4O2. The van der Waals surface area contributed by atoms with E-state index in [1.807, 2.05) is 67.6 Å². The number of para-hydroxylation sites is 1. The van der Waals surface area contributed by atoms with Crippen LogP contribution >= 0.6 is 0 Å². The van der Waals surface area contributed by atoms with E-state index in [0.717, 1.165) is 28.9 Å². The van der Waals surface area contributed by atoms with Crippen molar-refractivity contribution in [3.05, 3.63) is 113 Å². The van der Waals surface area contributed by atoms with Crippen LogP contribution in [0.2, 0.25) is 0 Å². The Labute approximate surface area is 198 Å². The van der Waals surface area contributed by atoms with E-state index in [4.69, 9.17) is 5.10 Å². The molecule has 0 saturated heterocycles. The lowest BCUT2D eigenvalue weighted by Gasteiger charge is -2.33. The Morgan fingerprint density at radius 2 is 1.62 bits per heavy atom. The lowest BCUT2D eigenvalue weighted by atomic mass is 9.81. The van der Waals surface area contributed by atoms with Gasteiger partial charge in [-0.05, 0) is 48.7 Å². The van der Waals surface area contributed by atoms with Crippen LogP contribution in [0.15, 0.2) is 84.9 Å². The minimum atomic E-state index is -0.778. The number of anilines is 1. The van der Waals surface area contributed by atoms with Gasteiger partial charge in [0.25, 0.3) is 5.91 Å². The molecule has 1 aliphatic heterocycles. The van der Waals surface area contributed by atoms with Gasteiger partial charge in [0.05, 0.1) is 11.4 Å². The van der Waals surface area contributed by atoms with Crippen molar-refractivity contribution in [1.82, 2.24) is 15.1 Å². The van der Waals surface area contributed by atoms with Gasteiger partial charge in [0, 0.05) is 17.0 Å². The van der Waals surface area contributed by atoms with E-state index in [0.29, 0.717) is 11.4 Å². The highest BCUT2D eigenvalue weighted by Crippen LogP contribution is 2.40. The topological polar surface area (TPSA) is 76.0 Å². The molecule has 6 nitrogen and oxygen atoms in total. The third kappa shape index (κ3) is 3.88. The number of carbonyl (C=O) groups is 2. The predicted octanol–water partition coefficient (Wildman–Crippen LogP) is 4.63. The average molecular weight is 451 g/mol.